The van der Waals surface area contributed by atoms with Crippen molar-refractivity contribution >= 4 is 15.9 Å². The van der Waals surface area contributed by atoms with Crippen LogP contribution in [0.5, 0.6) is 0 Å². The van der Waals surface area contributed by atoms with Gasteiger partial charge in [-0.3, -0.25) is 14.4 Å². The lowest BCUT2D eigenvalue weighted by Crippen LogP contribution is -2.52. The first-order chi connectivity index (χ1) is 9.13. The van der Waals surface area contributed by atoms with Crippen molar-refractivity contribution in [3.05, 3.63) is 0 Å². The van der Waals surface area contributed by atoms with Crippen molar-refractivity contribution in [3.63, 3.8) is 0 Å². The summed E-state index contributed by atoms with van der Waals surface area (Å²) in [6.07, 6.45) is 4.49. The number of carbonyl (C=O) groups is 1. The zero-order valence-electron chi connectivity index (χ0n) is 12.5. The molecule has 2 aliphatic carbocycles. The van der Waals surface area contributed by atoms with Gasteiger partial charge in [0.15, 0.2) is 0 Å². The average Bonchev–Trinajstić information content (AvgIpc) is 3.13. The third-order valence-electron chi connectivity index (χ3n) is 4.84. The van der Waals surface area contributed by atoms with Gasteiger partial charge in [-0.25, -0.2) is 8.42 Å². The fraction of sp³-hybridized carbons (Fsp3) is 0.929. The maximum atomic E-state index is 12.4. The summed E-state index contributed by atoms with van der Waals surface area (Å²) in [5.41, 5.74) is 0.163. The summed E-state index contributed by atoms with van der Waals surface area (Å²) in [5, 5.41) is -0.342. The predicted molar refractivity (Wildman–Crippen MR) is 76.6 cm³/mol. The van der Waals surface area contributed by atoms with Gasteiger partial charge in [0.05, 0.1) is 11.3 Å². The number of carbonyl (C=O) groups excluding carboxylic acids is 1. The molecule has 114 valence electrons. The van der Waals surface area contributed by atoms with Gasteiger partial charge in [-0.2, -0.15) is 0 Å². The highest BCUT2D eigenvalue weighted by molar-refractivity contribution is 7.90. The Morgan fingerprint density at radius 2 is 1.85 bits per heavy atom. The van der Waals surface area contributed by atoms with Crippen molar-refractivity contribution in [2.75, 3.05) is 6.54 Å². The van der Waals surface area contributed by atoms with Crippen LogP contribution in [-0.4, -0.2) is 42.6 Å². The molecule has 0 bridgehead atoms. The Kier molecular flexibility index (Phi) is 3.00. The van der Waals surface area contributed by atoms with E-state index in [2.05, 4.69) is 30.4 Å². The molecular formula is C14H24N2O3S. The molecule has 1 spiro atoms. The third kappa shape index (κ3) is 2.60. The normalized spacial score (nSPS) is 29.6. The topological polar surface area (TPSA) is 66.5 Å². The molecule has 0 unspecified atom stereocenters. The number of sulfonamides is 1. The fourth-order valence-electron chi connectivity index (χ4n) is 3.20. The van der Waals surface area contributed by atoms with E-state index in [0.717, 1.165) is 13.0 Å². The number of amides is 1. The zero-order valence-corrected chi connectivity index (χ0v) is 13.3. The summed E-state index contributed by atoms with van der Waals surface area (Å²) in [6, 6.07) is -0.300. The van der Waals surface area contributed by atoms with Crippen LogP contribution in [-0.2, 0) is 14.8 Å². The van der Waals surface area contributed by atoms with E-state index in [1.165, 1.54) is 12.8 Å². The molecule has 1 aliphatic heterocycles. The van der Waals surface area contributed by atoms with E-state index in [1.54, 1.807) is 0 Å². The number of hydrogen-bond donors (Lipinski definition) is 1. The molecule has 1 saturated heterocycles. The minimum Gasteiger partial charge on any atom is -0.286 e. The van der Waals surface area contributed by atoms with Crippen molar-refractivity contribution < 1.29 is 13.2 Å². The molecule has 2 saturated carbocycles. The van der Waals surface area contributed by atoms with Crippen LogP contribution >= 0.6 is 0 Å². The number of nitrogens with zero attached hydrogens (tertiary/aromatic N) is 1. The molecule has 3 aliphatic rings. The summed E-state index contributed by atoms with van der Waals surface area (Å²) in [7, 11) is -3.44. The van der Waals surface area contributed by atoms with E-state index in [1.807, 2.05) is 0 Å². The molecule has 1 amide bonds. The minimum atomic E-state index is -3.44. The minimum absolute atomic E-state index is 0.114. The van der Waals surface area contributed by atoms with Gasteiger partial charge >= 0.3 is 0 Å². The molecule has 1 N–H and O–H groups in total. The molecule has 1 atom stereocenters. The van der Waals surface area contributed by atoms with E-state index < -0.39 is 10.0 Å². The van der Waals surface area contributed by atoms with Crippen LogP contribution in [0.4, 0.5) is 0 Å². The van der Waals surface area contributed by atoms with Crippen molar-refractivity contribution in [1.82, 2.24) is 9.62 Å². The van der Waals surface area contributed by atoms with Gasteiger partial charge in [0.25, 0.3) is 5.91 Å². The second kappa shape index (κ2) is 4.19. The zero-order chi connectivity index (χ0) is 14.8. The van der Waals surface area contributed by atoms with Gasteiger partial charge in [0, 0.05) is 12.1 Å². The maximum Gasteiger partial charge on any atom is 0.250 e. The predicted octanol–water partition coefficient (Wildman–Crippen LogP) is 1.25. The maximum absolute atomic E-state index is 12.4. The van der Waals surface area contributed by atoms with Crippen LogP contribution in [0.25, 0.3) is 0 Å². The molecule has 3 fully saturated rings. The highest BCUT2D eigenvalue weighted by atomic mass is 32.2. The van der Waals surface area contributed by atoms with Crippen LogP contribution in [0.2, 0.25) is 0 Å². The average molecular weight is 300 g/mol. The second-order valence-corrected chi connectivity index (χ2v) is 9.69. The smallest absolute Gasteiger partial charge is 0.250 e. The Morgan fingerprint density at radius 3 is 2.30 bits per heavy atom. The SMILES string of the molecule is CC(C)(C)N1CC2(CC2)C[C@H]1C(=O)NS(=O)(=O)C1CC1. The molecule has 0 radical (unpaired) electrons. The van der Waals surface area contributed by atoms with Crippen molar-refractivity contribution in [1.29, 1.82) is 0 Å². The lowest BCUT2D eigenvalue weighted by atomic mass is 10.0. The molecule has 6 heteroatoms. The monoisotopic (exact) mass is 300 g/mol. The Bertz CT molecular complexity index is 527. The third-order valence-corrected chi connectivity index (χ3v) is 6.67. The summed E-state index contributed by atoms with van der Waals surface area (Å²) in [5.74, 6) is -0.324. The Balaban J connectivity index is 1.75. The van der Waals surface area contributed by atoms with Gasteiger partial charge in [-0.1, -0.05) is 0 Å². The molecule has 20 heavy (non-hydrogen) atoms. The molecule has 3 rings (SSSR count). The number of rotatable bonds is 3. The number of hydrogen-bond acceptors (Lipinski definition) is 4. The van der Waals surface area contributed by atoms with Gasteiger partial charge in [0.1, 0.15) is 0 Å². The van der Waals surface area contributed by atoms with E-state index in [0.29, 0.717) is 12.8 Å². The fourth-order valence-corrected chi connectivity index (χ4v) is 4.54. The number of likely N-dealkylation sites (tertiary alicyclic amines) is 1. The first-order valence-corrected chi connectivity index (χ1v) is 9.00. The standard InChI is InChI=1S/C14H24N2O3S/c1-13(2,3)16-9-14(6-7-14)8-11(16)12(17)15-20(18,19)10-4-5-10/h10-11H,4-9H2,1-3H3,(H,15,17)/t11-/m0/s1. The molecular weight excluding hydrogens is 276 g/mol. The lowest BCUT2D eigenvalue weighted by molar-refractivity contribution is -0.125. The lowest BCUT2D eigenvalue weighted by Gasteiger charge is -2.36. The first-order valence-electron chi connectivity index (χ1n) is 7.45. The molecule has 0 aromatic carbocycles. The van der Waals surface area contributed by atoms with Crippen LogP contribution in [0, 0.1) is 5.41 Å². The number of nitrogens with one attached hydrogen (secondary N) is 1. The van der Waals surface area contributed by atoms with Gasteiger partial charge in [-0.15, -0.1) is 0 Å². The molecule has 1 heterocycles. The van der Waals surface area contributed by atoms with Crippen LogP contribution in [0.3, 0.4) is 0 Å². The van der Waals surface area contributed by atoms with Crippen molar-refractivity contribution in [2.45, 2.75) is 69.7 Å². The second-order valence-electron chi connectivity index (χ2n) is 7.73. The van der Waals surface area contributed by atoms with Crippen LogP contribution in [0.1, 0.15) is 52.9 Å². The van der Waals surface area contributed by atoms with E-state index in [9.17, 15) is 13.2 Å². The largest absolute Gasteiger partial charge is 0.286 e. The Morgan fingerprint density at radius 1 is 1.25 bits per heavy atom. The van der Waals surface area contributed by atoms with E-state index in [-0.39, 0.29) is 28.2 Å². The molecule has 5 nitrogen and oxygen atoms in total. The van der Waals surface area contributed by atoms with Crippen LogP contribution in [0.15, 0.2) is 0 Å². The van der Waals surface area contributed by atoms with Gasteiger partial charge in [0.2, 0.25) is 10.0 Å². The summed E-state index contributed by atoms with van der Waals surface area (Å²) >= 11 is 0. The first kappa shape index (κ1) is 14.3. The molecule has 0 aromatic heterocycles. The van der Waals surface area contributed by atoms with Gasteiger partial charge < -0.3 is 0 Å². The molecule has 0 aromatic rings. The highest BCUT2D eigenvalue weighted by Gasteiger charge is 2.56. The van der Waals surface area contributed by atoms with Crippen LogP contribution < -0.4 is 4.72 Å². The van der Waals surface area contributed by atoms with E-state index >= 15 is 0 Å². The Labute approximate surface area is 121 Å². The summed E-state index contributed by atoms with van der Waals surface area (Å²) in [4.78, 5) is 14.6. The van der Waals surface area contributed by atoms with Crippen molar-refractivity contribution in [2.24, 2.45) is 5.41 Å². The van der Waals surface area contributed by atoms with Crippen molar-refractivity contribution in [3.8, 4) is 0 Å². The van der Waals surface area contributed by atoms with Gasteiger partial charge in [-0.05, 0) is 58.3 Å². The Hall–Kier alpha value is -0.620. The van der Waals surface area contributed by atoms with E-state index in [4.69, 9.17) is 0 Å². The quantitative estimate of drug-likeness (QED) is 0.852. The summed E-state index contributed by atoms with van der Waals surface area (Å²) in [6.45, 7) is 7.18. The highest BCUT2D eigenvalue weighted by Crippen LogP contribution is 2.56. The summed E-state index contributed by atoms with van der Waals surface area (Å²) < 4.78 is 26.2.